The molecule has 0 spiro atoms. The van der Waals surface area contributed by atoms with Crippen LogP contribution < -0.4 is 0 Å². The third-order valence-electron chi connectivity index (χ3n) is 3.71. The quantitative estimate of drug-likeness (QED) is 0.436. The van der Waals surface area contributed by atoms with Gasteiger partial charge in [-0.15, -0.1) is 0 Å². The van der Waals surface area contributed by atoms with Crippen LogP contribution in [0.5, 0.6) is 5.75 Å². The average Bonchev–Trinajstić information content (AvgIpc) is 2.97. The molecule has 0 aliphatic carbocycles. The second kappa shape index (κ2) is 5.82. The number of fused-ring (bicyclic) bond motifs is 1. The maximum atomic E-state index is 12.7. The molecular formula is C19H14N2O2. The highest BCUT2D eigenvalue weighted by Gasteiger charge is 2.17. The van der Waals surface area contributed by atoms with Crippen LogP contribution in [0.3, 0.4) is 0 Å². The molecular weight excluding hydrogens is 288 g/mol. The third kappa shape index (κ3) is 2.72. The van der Waals surface area contributed by atoms with E-state index < -0.39 is 0 Å². The van der Waals surface area contributed by atoms with E-state index in [1.165, 1.54) is 18.2 Å². The van der Waals surface area contributed by atoms with Crippen LogP contribution >= 0.6 is 0 Å². The Balaban J connectivity index is 2.08. The highest BCUT2D eigenvalue weighted by Crippen LogP contribution is 2.25. The fourth-order valence-electron chi connectivity index (χ4n) is 2.62. The topological polar surface area (TPSA) is 76.9 Å². The van der Waals surface area contributed by atoms with E-state index in [0.29, 0.717) is 11.1 Å². The molecule has 0 atom stereocenters. The summed E-state index contributed by atoms with van der Waals surface area (Å²) in [6, 6.07) is 14.1. The molecule has 3 aromatic rings. The molecule has 112 valence electrons. The van der Waals surface area contributed by atoms with Gasteiger partial charge in [0.15, 0.2) is 0 Å². The monoisotopic (exact) mass is 302 g/mol. The number of carbonyl (C=O) groups is 1. The molecule has 3 rings (SSSR count). The first-order valence-corrected chi connectivity index (χ1v) is 7.12. The molecule has 4 nitrogen and oxygen atoms in total. The second-order valence-corrected chi connectivity index (χ2v) is 5.29. The van der Waals surface area contributed by atoms with E-state index >= 15 is 0 Å². The Morgan fingerprint density at radius 3 is 2.78 bits per heavy atom. The van der Waals surface area contributed by atoms with Gasteiger partial charge >= 0.3 is 0 Å². The van der Waals surface area contributed by atoms with Gasteiger partial charge in [-0.2, -0.15) is 5.26 Å². The van der Waals surface area contributed by atoms with Crippen LogP contribution in [0.4, 0.5) is 0 Å². The van der Waals surface area contributed by atoms with Gasteiger partial charge in [0.1, 0.15) is 17.4 Å². The van der Waals surface area contributed by atoms with E-state index in [2.05, 4.69) is 4.98 Å². The van der Waals surface area contributed by atoms with Gasteiger partial charge in [-0.3, -0.25) is 4.79 Å². The van der Waals surface area contributed by atoms with Crippen molar-refractivity contribution in [1.29, 1.82) is 5.26 Å². The normalized spacial score (nSPS) is 11.4. The Kier molecular flexibility index (Phi) is 3.70. The summed E-state index contributed by atoms with van der Waals surface area (Å²) in [7, 11) is 0. The number of aromatic nitrogens is 1. The van der Waals surface area contributed by atoms with E-state index in [1.54, 1.807) is 18.3 Å². The van der Waals surface area contributed by atoms with Gasteiger partial charge in [-0.25, -0.2) is 0 Å². The number of hydrogen-bond donors (Lipinski definition) is 2. The van der Waals surface area contributed by atoms with Crippen molar-refractivity contribution in [3.63, 3.8) is 0 Å². The van der Waals surface area contributed by atoms with E-state index in [-0.39, 0.29) is 17.1 Å². The van der Waals surface area contributed by atoms with Crippen LogP contribution in [0.25, 0.3) is 17.0 Å². The van der Waals surface area contributed by atoms with Gasteiger partial charge in [0.2, 0.25) is 5.78 Å². The van der Waals surface area contributed by atoms with Crippen LogP contribution in [-0.4, -0.2) is 15.9 Å². The molecule has 4 heteroatoms. The Morgan fingerprint density at radius 2 is 2.04 bits per heavy atom. The standard InChI is InChI=1S/C19H14N2O2/c1-12-4-2-7-17-18(12)16(11-21-17)19(23)14(10-20)8-13-5-3-6-15(22)9-13/h2-9,11,21-22H,1H3/b14-8-. The lowest BCUT2D eigenvalue weighted by atomic mass is 9.99. The summed E-state index contributed by atoms with van der Waals surface area (Å²) in [5.74, 6) is -0.247. The number of aromatic hydroxyl groups is 1. The second-order valence-electron chi connectivity index (χ2n) is 5.29. The van der Waals surface area contributed by atoms with Gasteiger partial charge < -0.3 is 10.1 Å². The number of nitrogens with one attached hydrogen (secondary N) is 1. The molecule has 0 saturated heterocycles. The molecule has 23 heavy (non-hydrogen) atoms. The van der Waals surface area contributed by atoms with E-state index in [9.17, 15) is 15.2 Å². The number of hydrogen-bond acceptors (Lipinski definition) is 3. The molecule has 0 aliphatic heterocycles. The van der Waals surface area contributed by atoms with Crippen LogP contribution in [0.2, 0.25) is 0 Å². The number of allylic oxidation sites excluding steroid dienone is 1. The Bertz CT molecular complexity index is 974. The number of phenolic OH excluding ortho intramolecular Hbond substituents is 1. The lowest BCUT2D eigenvalue weighted by molar-refractivity contribution is 0.104. The van der Waals surface area contributed by atoms with Crippen LogP contribution in [0.15, 0.2) is 54.2 Å². The Morgan fingerprint density at radius 1 is 1.26 bits per heavy atom. The number of benzene rings is 2. The predicted molar refractivity (Wildman–Crippen MR) is 89.1 cm³/mol. The number of H-pyrrole nitrogens is 1. The molecule has 1 heterocycles. The molecule has 2 aromatic carbocycles. The fourth-order valence-corrected chi connectivity index (χ4v) is 2.62. The van der Waals surface area contributed by atoms with Gasteiger partial charge in [-0.1, -0.05) is 24.3 Å². The van der Waals surface area contributed by atoms with Crippen molar-refractivity contribution < 1.29 is 9.90 Å². The lowest BCUT2D eigenvalue weighted by Crippen LogP contribution is -2.01. The fraction of sp³-hybridized carbons (Fsp3) is 0.0526. The summed E-state index contributed by atoms with van der Waals surface area (Å²) in [6.07, 6.45) is 3.12. The number of nitriles is 1. The molecule has 0 saturated carbocycles. The number of Topliss-reactive ketones (excluding diaryl/α,β-unsaturated/α-hetero) is 1. The predicted octanol–water partition coefficient (Wildman–Crippen LogP) is 3.97. The number of aromatic amines is 1. The number of carbonyl (C=O) groups excluding carboxylic acids is 1. The molecule has 2 N–H and O–H groups in total. The van der Waals surface area contributed by atoms with Crippen molar-refractivity contribution in [3.05, 3.63) is 70.9 Å². The first-order chi connectivity index (χ1) is 11.1. The van der Waals surface area contributed by atoms with E-state index in [4.69, 9.17) is 0 Å². The maximum Gasteiger partial charge on any atom is 0.205 e. The largest absolute Gasteiger partial charge is 0.508 e. The first kappa shape index (κ1) is 14.6. The summed E-state index contributed by atoms with van der Waals surface area (Å²) in [5.41, 5.74) is 2.95. The minimum Gasteiger partial charge on any atom is -0.508 e. The van der Waals surface area contributed by atoms with Crippen molar-refractivity contribution in [3.8, 4) is 11.8 Å². The summed E-state index contributed by atoms with van der Waals surface area (Å²) < 4.78 is 0. The number of nitrogens with zero attached hydrogens (tertiary/aromatic N) is 1. The number of phenols is 1. The van der Waals surface area contributed by atoms with Crippen molar-refractivity contribution in [2.75, 3.05) is 0 Å². The zero-order valence-corrected chi connectivity index (χ0v) is 12.5. The minimum atomic E-state index is -0.337. The molecule has 0 unspecified atom stereocenters. The van der Waals surface area contributed by atoms with Gasteiger partial charge in [-0.05, 0) is 42.3 Å². The van der Waals surface area contributed by atoms with Crippen molar-refractivity contribution in [2.45, 2.75) is 6.92 Å². The number of rotatable bonds is 3. The summed E-state index contributed by atoms with van der Waals surface area (Å²) in [6.45, 7) is 1.93. The first-order valence-electron chi connectivity index (χ1n) is 7.12. The molecule has 0 fully saturated rings. The minimum absolute atomic E-state index is 0.0275. The van der Waals surface area contributed by atoms with Gasteiger partial charge in [0, 0.05) is 22.7 Å². The highest BCUT2D eigenvalue weighted by molar-refractivity contribution is 6.20. The average molecular weight is 302 g/mol. The molecule has 1 aromatic heterocycles. The van der Waals surface area contributed by atoms with Crippen molar-refractivity contribution in [2.24, 2.45) is 0 Å². The van der Waals surface area contributed by atoms with E-state index in [0.717, 1.165) is 16.5 Å². The molecule has 0 radical (unpaired) electrons. The Labute approximate surface area is 133 Å². The van der Waals surface area contributed by atoms with Crippen molar-refractivity contribution >= 4 is 22.8 Å². The molecule has 0 amide bonds. The van der Waals surface area contributed by atoms with Crippen molar-refractivity contribution in [1.82, 2.24) is 4.98 Å². The third-order valence-corrected chi connectivity index (χ3v) is 3.71. The number of aryl methyl sites for hydroxylation is 1. The summed E-state index contributed by atoms with van der Waals surface area (Å²) in [4.78, 5) is 15.8. The zero-order valence-electron chi connectivity index (χ0n) is 12.5. The van der Waals surface area contributed by atoms with Gasteiger partial charge in [0.05, 0.1) is 0 Å². The number of ketones is 1. The van der Waals surface area contributed by atoms with Crippen LogP contribution in [-0.2, 0) is 0 Å². The molecule has 0 aliphatic rings. The van der Waals surface area contributed by atoms with Crippen LogP contribution in [0.1, 0.15) is 21.5 Å². The Hall–Kier alpha value is -3.32. The highest BCUT2D eigenvalue weighted by atomic mass is 16.3. The van der Waals surface area contributed by atoms with Crippen LogP contribution in [0, 0.1) is 18.3 Å². The van der Waals surface area contributed by atoms with E-state index in [1.807, 2.05) is 31.2 Å². The molecule has 0 bridgehead atoms. The smallest absolute Gasteiger partial charge is 0.205 e. The summed E-state index contributed by atoms with van der Waals surface area (Å²) >= 11 is 0. The van der Waals surface area contributed by atoms with Gasteiger partial charge in [0.25, 0.3) is 0 Å². The maximum absolute atomic E-state index is 12.7. The lowest BCUT2D eigenvalue weighted by Gasteiger charge is -2.01. The SMILES string of the molecule is Cc1cccc2[nH]cc(C(=O)/C(C#N)=C\c3cccc(O)c3)c12. The summed E-state index contributed by atoms with van der Waals surface area (Å²) in [5, 5.41) is 19.7. The zero-order chi connectivity index (χ0) is 16.4.